The lowest BCUT2D eigenvalue weighted by Crippen LogP contribution is -2.43. The van der Waals surface area contributed by atoms with Gasteiger partial charge in [-0.2, -0.15) is 10.2 Å². The molecule has 1 atom stereocenters. The first-order valence-electron chi connectivity index (χ1n) is 15.4. The molecule has 0 unspecified atom stereocenters. The predicted molar refractivity (Wildman–Crippen MR) is 157 cm³/mol. The fraction of sp³-hybridized carbons (Fsp3) is 0.581. The standard InChI is InChI=1S/C31H40F2N8O/c1-20(42)39-13-8-28-27(19-39)31(36-41(28)23-6-11-38(12-7-23)24-5-9-34-17-24)40-10-3-4-21-14-25(22-16-35-37(2)18-22)26(30(32)33)15-29(21)40/h14-16,18,23-24,30,34H,3-13,17,19H2,1-2H3/t24-/m0/s1. The topological polar surface area (TPSA) is 74.5 Å². The second-order valence-corrected chi connectivity index (χ2v) is 12.3. The fourth-order valence-corrected chi connectivity index (χ4v) is 7.52. The number of alkyl halides is 2. The van der Waals surface area contributed by atoms with Crippen molar-refractivity contribution in [2.45, 2.75) is 70.5 Å². The summed E-state index contributed by atoms with van der Waals surface area (Å²) in [7, 11) is 1.80. The molecule has 3 aromatic rings. The van der Waals surface area contributed by atoms with Crippen molar-refractivity contribution in [3.63, 3.8) is 0 Å². The number of likely N-dealkylation sites (tertiary alicyclic amines) is 1. The van der Waals surface area contributed by atoms with E-state index in [0.29, 0.717) is 42.8 Å². The first kappa shape index (κ1) is 27.5. The van der Waals surface area contributed by atoms with E-state index in [9.17, 15) is 13.6 Å². The maximum Gasteiger partial charge on any atom is 0.264 e. The van der Waals surface area contributed by atoms with Crippen molar-refractivity contribution in [2.24, 2.45) is 7.05 Å². The molecule has 0 bridgehead atoms. The second kappa shape index (κ2) is 11.1. The van der Waals surface area contributed by atoms with Crippen LogP contribution in [0.5, 0.6) is 0 Å². The molecular formula is C31H40F2N8O. The number of hydrogen-bond donors (Lipinski definition) is 1. The molecule has 2 aromatic heterocycles. The van der Waals surface area contributed by atoms with Crippen molar-refractivity contribution in [3.8, 4) is 11.1 Å². The summed E-state index contributed by atoms with van der Waals surface area (Å²) >= 11 is 0. The van der Waals surface area contributed by atoms with E-state index in [1.54, 1.807) is 37.1 Å². The Bertz CT molecular complexity index is 1470. The third kappa shape index (κ3) is 4.90. The van der Waals surface area contributed by atoms with Crippen molar-refractivity contribution in [2.75, 3.05) is 44.2 Å². The average molecular weight is 579 g/mol. The number of nitrogens with one attached hydrogen (secondary N) is 1. The van der Waals surface area contributed by atoms with Crippen LogP contribution in [0.1, 0.15) is 67.5 Å². The highest BCUT2D eigenvalue weighted by atomic mass is 19.3. The van der Waals surface area contributed by atoms with Gasteiger partial charge in [-0.1, -0.05) is 0 Å². The van der Waals surface area contributed by atoms with Gasteiger partial charge in [0.25, 0.3) is 6.43 Å². The van der Waals surface area contributed by atoms with Crippen LogP contribution >= 0.6 is 0 Å². The van der Waals surface area contributed by atoms with Crippen molar-refractivity contribution >= 4 is 17.4 Å². The average Bonchev–Trinajstić information content (AvgIpc) is 3.76. The number of anilines is 2. The minimum atomic E-state index is -2.62. The highest BCUT2D eigenvalue weighted by molar-refractivity contribution is 5.78. The summed E-state index contributed by atoms with van der Waals surface area (Å²) in [5.74, 6) is 0.881. The summed E-state index contributed by atoms with van der Waals surface area (Å²) in [6.45, 7) is 7.80. The largest absolute Gasteiger partial charge is 0.338 e. The van der Waals surface area contributed by atoms with Gasteiger partial charge in [0, 0.05) is 93.4 Å². The van der Waals surface area contributed by atoms with Crippen LogP contribution in [0.4, 0.5) is 20.3 Å². The molecule has 4 aliphatic rings. The van der Waals surface area contributed by atoms with Crippen LogP contribution in [0.2, 0.25) is 0 Å². The molecule has 224 valence electrons. The Labute approximate surface area is 245 Å². The second-order valence-electron chi connectivity index (χ2n) is 12.3. The molecule has 2 fully saturated rings. The van der Waals surface area contributed by atoms with Gasteiger partial charge in [-0.25, -0.2) is 8.78 Å². The monoisotopic (exact) mass is 578 g/mol. The van der Waals surface area contributed by atoms with Crippen molar-refractivity contribution in [1.29, 1.82) is 0 Å². The molecule has 6 heterocycles. The number of nitrogens with zero attached hydrogens (tertiary/aromatic N) is 7. The van der Waals surface area contributed by atoms with E-state index in [4.69, 9.17) is 5.10 Å². The summed E-state index contributed by atoms with van der Waals surface area (Å²) in [6.07, 6.45) is 6.60. The van der Waals surface area contributed by atoms with Gasteiger partial charge in [-0.05, 0) is 61.9 Å². The Kier molecular flexibility index (Phi) is 7.26. The summed E-state index contributed by atoms with van der Waals surface area (Å²) in [5, 5.41) is 13.0. The molecule has 0 radical (unpaired) electrons. The first-order valence-corrected chi connectivity index (χ1v) is 15.4. The van der Waals surface area contributed by atoms with Crippen LogP contribution in [-0.2, 0) is 31.2 Å². The summed E-state index contributed by atoms with van der Waals surface area (Å²) in [6, 6.07) is 4.53. The zero-order valence-corrected chi connectivity index (χ0v) is 24.5. The molecule has 42 heavy (non-hydrogen) atoms. The minimum Gasteiger partial charge on any atom is -0.338 e. The first-order chi connectivity index (χ1) is 20.4. The molecule has 1 amide bonds. The van der Waals surface area contributed by atoms with E-state index < -0.39 is 6.43 Å². The van der Waals surface area contributed by atoms with Crippen molar-refractivity contribution in [3.05, 3.63) is 46.9 Å². The van der Waals surface area contributed by atoms with E-state index in [2.05, 4.69) is 24.9 Å². The zero-order valence-electron chi connectivity index (χ0n) is 24.5. The number of rotatable bonds is 5. The molecule has 4 aliphatic heterocycles. The Morgan fingerprint density at radius 2 is 1.90 bits per heavy atom. The molecule has 0 saturated carbocycles. The maximum atomic E-state index is 14.5. The van der Waals surface area contributed by atoms with Crippen LogP contribution in [0.3, 0.4) is 0 Å². The minimum absolute atomic E-state index is 0.0149. The highest BCUT2D eigenvalue weighted by Gasteiger charge is 2.35. The Morgan fingerprint density at radius 3 is 2.60 bits per heavy atom. The Balaban J connectivity index is 1.26. The summed E-state index contributed by atoms with van der Waals surface area (Å²) in [5.41, 5.74) is 5.38. The number of amides is 1. The molecule has 0 aliphatic carbocycles. The predicted octanol–water partition coefficient (Wildman–Crippen LogP) is 4.21. The summed E-state index contributed by atoms with van der Waals surface area (Å²) < 4.78 is 32.9. The van der Waals surface area contributed by atoms with Gasteiger partial charge < -0.3 is 15.1 Å². The van der Waals surface area contributed by atoms with Crippen molar-refractivity contribution in [1.82, 2.24) is 34.7 Å². The highest BCUT2D eigenvalue weighted by Crippen LogP contribution is 2.43. The SMILES string of the molecule is CC(=O)N1CCc2c(c(N3CCCc4cc(-c5cnn(C)c5)c(C(F)F)cc43)nn2C2CCN([C@H]3CCNC3)CC2)C1. The lowest BCUT2D eigenvalue weighted by Gasteiger charge is -2.36. The number of carbonyl (C=O) groups excluding carboxylic acids is 1. The number of halogens is 2. The van der Waals surface area contributed by atoms with E-state index in [1.165, 1.54) is 12.1 Å². The Morgan fingerprint density at radius 1 is 1.07 bits per heavy atom. The van der Waals surface area contributed by atoms with E-state index in [0.717, 1.165) is 80.9 Å². The third-order valence-corrected chi connectivity index (χ3v) is 9.78. The molecule has 11 heteroatoms. The van der Waals surface area contributed by atoms with Crippen LogP contribution < -0.4 is 10.2 Å². The van der Waals surface area contributed by atoms with E-state index >= 15 is 0 Å². The number of fused-ring (bicyclic) bond motifs is 2. The quantitative estimate of drug-likeness (QED) is 0.489. The molecule has 1 aromatic carbocycles. The van der Waals surface area contributed by atoms with Gasteiger partial charge in [0.15, 0.2) is 5.82 Å². The van der Waals surface area contributed by atoms with Gasteiger partial charge in [0.1, 0.15) is 0 Å². The zero-order chi connectivity index (χ0) is 29.0. The smallest absolute Gasteiger partial charge is 0.264 e. The number of aromatic nitrogens is 4. The van der Waals surface area contributed by atoms with E-state index in [-0.39, 0.29) is 11.5 Å². The Hall–Kier alpha value is -3.31. The molecule has 1 N–H and O–H groups in total. The van der Waals surface area contributed by atoms with Crippen LogP contribution in [0, 0.1) is 0 Å². The summed E-state index contributed by atoms with van der Waals surface area (Å²) in [4.78, 5) is 19.1. The molecular weight excluding hydrogens is 538 g/mol. The molecule has 2 saturated heterocycles. The van der Waals surface area contributed by atoms with E-state index in [1.807, 2.05) is 11.0 Å². The van der Waals surface area contributed by atoms with Crippen LogP contribution in [0.15, 0.2) is 24.5 Å². The van der Waals surface area contributed by atoms with Crippen LogP contribution in [-0.4, -0.2) is 80.6 Å². The number of piperidine rings is 1. The molecule has 9 nitrogen and oxygen atoms in total. The molecule has 0 spiro atoms. The normalized spacial score (nSPS) is 21.7. The maximum absolute atomic E-state index is 14.5. The number of benzene rings is 1. The number of aryl methyl sites for hydroxylation is 2. The third-order valence-electron chi connectivity index (χ3n) is 9.78. The number of carbonyl (C=O) groups is 1. The van der Waals surface area contributed by atoms with Gasteiger partial charge in [0.2, 0.25) is 5.91 Å². The fourth-order valence-electron chi connectivity index (χ4n) is 7.52. The van der Waals surface area contributed by atoms with Gasteiger partial charge in [-0.15, -0.1) is 0 Å². The van der Waals surface area contributed by atoms with Gasteiger partial charge >= 0.3 is 0 Å². The lowest BCUT2D eigenvalue weighted by molar-refractivity contribution is -0.129. The van der Waals surface area contributed by atoms with Crippen LogP contribution in [0.25, 0.3) is 11.1 Å². The number of hydrogen-bond acceptors (Lipinski definition) is 6. The lowest BCUT2D eigenvalue weighted by atomic mass is 9.92. The molecule has 7 rings (SSSR count). The van der Waals surface area contributed by atoms with Gasteiger partial charge in [-0.3, -0.25) is 19.1 Å². The van der Waals surface area contributed by atoms with Crippen molar-refractivity contribution < 1.29 is 13.6 Å². The van der Waals surface area contributed by atoms with Gasteiger partial charge in [0.05, 0.1) is 18.8 Å².